The fourth-order valence-electron chi connectivity index (χ4n) is 5.74. The fraction of sp³-hybridized carbons (Fsp3) is 0.367. The third-order valence-corrected chi connectivity index (χ3v) is 7.25. The average Bonchev–Trinajstić information content (AvgIpc) is 3.15. The van der Waals surface area contributed by atoms with Gasteiger partial charge in [-0.1, -0.05) is 64.1 Å². The summed E-state index contributed by atoms with van der Waals surface area (Å²) in [5.41, 5.74) is 1.65. The van der Waals surface area contributed by atoms with Crippen LogP contribution in [0.3, 0.4) is 0 Å². The second-order valence-electron chi connectivity index (χ2n) is 11.7. The third kappa shape index (κ3) is 4.15. The number of Topliss-reactive ketones (excluding diaryl/α,β-unsaturated/α-hetero) is 2. The molecular weight excluding hydrogens is 452 g/mol. The zero-order chi connectivity index (χ0) is 25.8. The van der Waals surface area contributed by atoms with E-state index < -0.39 is 16.7 Å². The Labute approximate surface area is 211 Å². The van der Waals surface area contributed by atoms with Gasteiger partial charge in [-0.15, -0.1) is 0 Å². The van der Waals surface area contributed by atoms with E-state index in [4.69, 9.17) is 4.98 Å². The first-order valence-electron chi connectivity index (χ1n) is 12.4. The number of carbonyl (C=O) groups excluding carboxylic acids is 2. The Bertz CT molecular complexity index is 1390. The molecule has 0 spiro atoms. The second-order valence-corrected chi connectivity index (χ2v) is 11.7. The van der Waals surface area contributed by atoms with Crippen molar-refractivity contribution in [3.05, 3.63) is 83.1 Å². The molecule has 0 saturated heterocycles. The second kappa shape index (κ2) is 8.47. The van der Waals surface area contributed by atoms with E-state index in [-0.39, 0.29) is 47.1 Å². The fourth-order valence-corrected chi connectivity index (χ4v) is 5.74. The van der Waals surface area contributed by atoms with Crippen LogP contribution >= 0.6 is 0 Å². The number of allylic oxidation sites excluding steroid dienone is 4. The maximum Gasteiger partial charge on any atom is 0.163 e. The molecule has 2 heterocycles. The number of aromatic nitrogens is 2. The number of imidazole rings is 1. The normalized spacial score (nSPS) is 20.0. The minimum Gasteiger partial charge on any atom is -0.512 e. The van der Waals surface area contributed by atoms with Gasteiger partial charge in [-0.2, -0.15) is 0 Å². The molecule has 0 amide bonds. The molecule has 6 heteroatoms. The van der Waals surface area contributed by atoms with Crippen LogP contribution < -0.4 is 0 Å². The van der Waals surface area contributed by atoms with Crippen molar-refractivity contribution in [3.8, 4) is 11.4 Å². The van der Waals surface area contributed by atoms with E-state index in [9.17, 15) is 19.8 Å². The number of nitrogens with zero attached hydrogens (tertiary/aromatic N) is 2. The van der Waals surface area contributed by atoms with Crippen molar-refractivity contribution < 1.29 is 19.8 Å². The molecule has 2 aliphatic carbocycles. The number of hydrogen-bond donors (Lipinski definition) is 2. The Hall–Kier alpha value is -3.67. The molecule has 2 aromatic heterocycles. The summed E-state index contributed by atoms with van der Waals surface area (Å²) in [7, 11) is 0. The molecule has 2 N–H and O–H groups in total. The van der Waals surface area contributed by atoms with Crippen LogP contribution in [0.1, 0.15) is 65.0 Å². The molecule has 0 fully saturated rings. The van der Waals surface area contributed by atoms with Crippen molar-refractivity contribution in [2.24, 2.45) is 10.8 Å². The number of hydrogen-bond acceptors (Lipinski definition) is 5. The molecule has 2 aliphatic rings. The van der Waals surface area contributed by atoms with E-state index in [0.717, 1.165) is 11.1 Å². The van der Waals surface area contributed by atoms with E-state index >= 15 is 0 Å². The molecule has 3 aromatic rings. The van der Waals surface area contributed by atoms with Crippen LogP contribution in [0, 0.1) is 10.8 Å². The number of ketones is 2. The van der Waals surface area contributed by atoms with E-state index in [1.165, 1.54) is 0 Å². The summed E-state index contributed by atoms with van der Waals surface area (Å²) in [6.07, 6.45) is 3.01. The Morgan fingerprint density at radius 3 is 1.83 bits per heavy atom. The lowest BCUT2D eigenvalue weighted by Gasteiger charge is -2.36. The Morgan fingerprint density at radius 2 is 1.31 bits per heavy atom. The minimum atomic E-state index is -0.952. The first kappa shape index (κ1) is 24.0. The minimum absolute atomic E-state index is 0.0301. The zero-order valence-electron chi connectivity index (χ0n) is 21.2. The molecule has 0 bridgehead atoms. The molecule has 36 heavy (non-hydrogen) atoms. The predicted octanol–water partition coefficient (Wildman–Crippen LogP) is 6.49. The van der Waals surface area contributed by atoms with Crippen LogP contribution in [0.25, 0.3) is 16.9 Å². The zero-order valence-corrected chi connectivity index (χ0v) is 21.2. The Kier molecular flexibility index (Phi) is 5.66. The predicted molar refractivity (Wildman–Crippen MR) is 139 cm³/mol. The molecule has 1 aromatic carbocycles. The lowest BCUT2D eigenvalue weighted by Crippen LogP contribution is -2.33. The lowest BCUT2D eigenvalue weighted by atomic mass is 9.67. The molecule has 6 nitrogen and oxygen atoms in total. The van der Waals surface area contributed by atoms with Gasteiger partial charge in [-0.25, -0.2) is 4.98 Å². The van der Waals surface area contributed by atoms with Gasteiger partial charge in [-0.3, -0.25) is 14.0 Å². The molecule has 0 saturated carbocycles. The topological polar surface area (TPSA) is 91.9 Å². The van der Waals surface area contributed by atoms with E-state index in [0.29, 0.717) is 24.4 Å². The molecule has 5 rings (SSSR count). The first-order valence-corrected chi connectivity index (χ1v) is 12.4. The van der Waals surface area contributed by atoms with Gasteiger partial charge in [0.25, 0.3) is 0 Å². The van der Waals surface area contributed by atoms with Crippen LogP contribution in [-0.4, -0.2) is 31.2 Å². The number of benzene rings is 1. The van der Waals surface area contributed by atoms with Crippen LogP contribution in [-0.2, 0) is 9.59 Å². The number of fused-ring (bicyclic) bond motifs is 1. The highest BCUT2D eigenvalue weighted by Crippen LogP contribution is 2.48. The smallest absolute Gasteiger partial charge is 0.163 e. The monoisotopic (exact) mass is 484 g/mol. The van der Waals surface area contributed by atoms with Crippen LogP contribution in [0.4, 0.5) is 0 Å². The standard InChI is InChI=1S/C30H32N2O4/c1-29(2)14-20(33)24(21(34)15-29)26(25-22(35)16-30(3,4)17-23(25)36)27-19-12-8-9-13-32(19)28(31-27)18-10-6-5-7-11-18/h5-13,26,33,35H,14-17H2,1-4H3. The van der Waals surface area contributed by atoms with Gasteiger partial charge in [0.1, 0.15) is 17.3 Å². The summed E-state index contributed by atoms with van der Waals surface area (Å²) in [6.45, 7) is 7.77. The Balaban J connectivity index is 1.82. The van der Waals surface area contributed by atoms with E-state index in [2.05, 4.69) is 0 Å². The molecule has 0 aliphatic heterocycles. The largest absolute Gasteiger partial charge is 0.512 e. The number of rotatable bonds is 4. The number of aliphatic hydroxyl groups is 2. The van der Waals surface area contributed by atoms with Gasteiger partial charge < -0.3 is 10.2 Å². The summed E-state index contributed by atoms with van der Waals surface area (Å²) in [5.74, 6) is -0.782. The van der Waals surface area contributed by atoms with Crippen molar-refractivity contribution in [2.45, 2.75) is 59.3 Å². The van der Waals surface area contributed by atoms with Crippen molar-refractivity contribution >= 4 is 17.1 Å². The summed E-state index contributed by atoms with van der Waals surface area (Å²) >= 11 is 0. The van der Waals surface area contributed by atoms with Crippen molar-refractivity contribution in [3.63, 3.8) is 0 Å². The van der Waals surface area contributed by atoms with E-state index in [1.807, 2.05) is 86.8 Å². The van der Waals surface area contributed by atoms with Gasteiger partial charge >= 0.3 is 0 Å². The molecule has 0 atom stereocenters. The summed E-state index contributed by atoms with van der Waals surface area (Å²) in [6, 6.07) is 15.4. The van der Waals surface area contributed by atoms with Crippen molar-refractivity contribution in [1.29, 1.82) is 0 Å². The van der Waals surface area contributed by atoms with Crippen molar-refractivity contribution in [2.75, 3.05) is 0 Å². The average molecular weight is 485 g/mol. The number of carbonyl (C=O) groups is 2. The maximum atomic E-state index is 13.6. The summed E-state index contributed by atoms with van der Waals surface area (Å²) < 4.78 is 1.93. The lowest BCUT2D eigenvalue weighted by molar-refractivity contribution is -0.119. The van der Waals surface area contributed by atoms with Gasteiger partial charge in [0.15, 0.2) is 11.6 Å². The molecule has 0 radical (unpaired) electrons. The summed E-state index contributed by atoms with van der Waals surface area (Å²) in [5, 5.41) is 22.4. The van der Waals surface area contributed by atoms with Gasteiger partial charge in [0.2, 0.25) is 0 Å². The molecule has 186 valence electrons. The maximum absolute atomic E-state index is 13.6. The highest BCUT2D eigenvalue weighted by Gasteiger charge is 2.45. The van der Waals surface area contributed by atoms with Gasteiger partial charge in [0.05, 0.1) is 17.1 Å². The molecule has 0 unspecified atom stereocenters. The molecular formula is C30H32N2O4. The highest BCUT2D eigenvalue weighted by atomic mass is 16.3. The van der Waals surface area contributed by atoms with E-state index in [1.54, 1.807) is 0 Å². The van der Waals surface area contributed by atoms with Crippen molar-refractivity contribution in [1.82, 2.24) is 9.38 Å². The Morgan fingerprint density at radius 1 is 0.778 bits per heavy atom. The van der Waals surface area contributed by atoms with Gasteiger partial charge in [0, 0.05) is 48.6 Å². The van der Waals surface area contributed by atoms with Gasteiger partial charge in [-0.05, 0) is 23.0 Å². The van der Waals surface area contributed by atoms with Crippen LogP contribution in [0.5, 0.6) is 0 Å². The number of pyridine rings is 1. The third-order valence-electron chi connectivity index (χ3n) is 7.25. The number of aliphatic hydroxyl groups excluding tert-OH is 2. The first-order chi connectivity index (χ1) is 17.0. The summed E-state index contributed by atoms with van der Waals surface area (Å²) in [4.78, 5) is 32.1. The van der Waals surface area contributed by atoms with Crippen LogP contribution in [0.2, 0.25) is 0 Å². The quantitative estimate of drug-likeness (QED) is 0.442. The van der Waals surface area contributed by atoms with Crippen LogP contribution in [0.15, 0.2) is 77.4 Å². The SMILES string of the molecule is CC1(C)CC(=O)C(C(C2=C(O)CC(C)(C)CC2=O)c2nc(-c3ccccc3)n3ccccc23)=C(O)C1. The highest BCUT2D eigenvalue weighted by molar-refractivity contribution is 6.06.